The second-order valence-electron chi connectivity index (χ2n) is 6.66. The van der Waals surface area contributed by atoms with Gasteiger partial charge >= 0.3 is 23.5 Å². The predicted octanol–water partition coefficient (Wildman–Crippen LogP) is -1.72. The van der Waals surface area contributed by atoms with E-state index in [1.54, 1.807) is 10.6 Å². The van der Waals surface area contributed by atoms with Gasteiger partial charge in [0.1, 0.15) is 24.6 Å². The van der Waals surface area contributed by atoms with Crippen LogP contribution in [0.5, 0.6) is 0 Å². The fraction of sp³-hybridized carbons (Fsp3) is 0.417. The van der Waals surface area contributed by atoms with Crippen LogP contribution >= 0.6 is 23.5 Å². The summed E-state index contributed by atoms with van der Waals surface area (Å²) in [6.45, 7) is -0.941. The van der Waals surface area contributed by atoms with Crippen LogP contribution in [-0.2, 0) is 31.6 Å². The number of aromatic nitrogens is 5. The molecule has 1 aliphatic rings. The van der Waals surface area contributed by atoms with E-state index in [1.807, 2.05) is 0 Å². The molecule has 0 saturated carbocycles. The fourth-order valence-corrected chi connectivity index (χ4v) is 6.13. The summed E-state index contributed by atoms with van der Waals surface area (Å²) in [7, 11) is -16.7. The Balaban J connectivity index is 0.00000216. The second kappa shape index (κ2) is 11.6. The first-order chi connectivity index (χ1) is 15.3. The van der Waals surface area contributed by atoms with E-state index in [2.05, 4.69) is 28.1 Å². The summed E-state index contributed by atoms with van der Waals surface area (Å²) in [5, 5.41) is 20.6. The van der Waals surface area contributed by atoms with Crippen LogP contribution in [0, 0.1) is 0 Å². The molecule has 35 heavy (non-hydrogen) atoms. The topological polar surface area (TPSA) is 258 Å². The number of nitrogens with zero attached hydrogens (tertiary/aromatic N) is 5. The van der Waals surface area contributed by atoms with Gasteiger partial charge in [-0.3, -0.25) is 13.5 Å². The van der Waals surface area contributed by atoms with Crippen LogP contribution < -0.4 is 0 Å². The fourth-order valence-electron chi connectivity index (χ4n) is 3.10. The molecule has 1 aliphatic heterocycles. The average Bonchev–Trinajstić information content (AvgIpc) is 3.35. The molecule has 2 unspecified atom stereocenters. The number of aliphatic hydroxyl groups is 2. The van der Waals surface area contributed by atoms with Crippen LogP contribution in [0.2, 0.25) is 0 Å². The van der Waals surface area contributed by atoms with Gasteiger partial charge in [-0.15, -0.1) is 0 Å². The Hall–Kier alpha value is 0.380. The van der Waals surface area contributed by atoms with Gasteiger partial charge in [0.25, 0.3) is 0 Å². The molecule has 0 amide bonds. The van der Waals surface area contributed by atoms with E-state index < -0.39 is 54.6 Å². The van der Waals surface area contributed by atoms with Gasteiger partial charge < -0.3 is 34.5 Å². The van der Waals surface area contributed by atoms with E-state index in [0.717, 1.165) is 0 Å². The molecule has 0 aromatic carbocycles. The van der Waals surface area contributed by atoms with Crippen molar-refractivity contribution in [3.8, 4) is 0 Å². The van der Waals surface area contributed by atoms with E-state index in [-0.39, 0.29) is 64.8 Å². The first kappa shape index (κ1) is 31.6. The predicted molar refractivity (Wildman–Crippen MR) is 114 cm³/mol. The zero-order chi connectivity index (χ0) is 24.2. The molecule has 0 bridgehead atoms. The largest absolute Gasteiger partial charge is 0.490 e. The summed E-state index contributed by atoms with van der Waals surface area (Å²) < 4.78 is 53.9. The van der Waals surface area contributed by atoms with Gasteiger partial charge in [-0.2, -0.15) is 8.62 Å². The molecular formula is C12H16N5Na2O13P3. The third kappa shape index (κ3) is 7.28. The van der Waals surface area contributed by atoms with Gasteiger partial charge in [-0.1, -0.05) is 0 Å². The Morgan fingerprint density at radius 2 is 1.60 bits per heavy atom. The quantitative estimate of drug-likeness (QED) is 0.129. The molecule has 6 atom stereocenters. The van der Waals surface area contributed by atoms with Gasteiger partial charge in [0.2, 0.25) is 0 Å². The molecule has 2 radical (unpaired) electrons. The minimum Gasteiger partial charge on any atom is -0.387 e. The standard InChI is InChI=1S/C12H16N5O13P3.2Na/c18-8-6(3-27-32(23,24)30-33(25,26)29-31(20,21)22)28-12(9(8)19)17-5-14-7-10-13-1-2-16(10)4-15-11(7)17;;/h1-2,4-6,8-9,12,18-19H,3H2,(H,23,24)(H,25,26)(H2,20,21,22);;/t6-,8-,9-,12-;;/m1../s1. The molecule has 1 saturated heterocycles. The van der Waals surface area contributed by atoms with Gasteiger partial charge in [0, 0.05) is 71.5 Å². The Morgan fingerprint density at radius 3 is 2.26 bits per heavy atom. The maximum Gasteiger partial charge on any atom is 0.490 e. The third-order valence-electron chi connectivity index (χ3n) is 4.38. The Morgan fingerprint density at radius 1 is 0.914 bits per heavy atom. The van der Waals surface area contributed by atoms with Crippen molar-refractivity contribution < 1.29 is 61.4 Å². The molecule has 3 aromatic rings. The Bertz CT molecular complexity index is 1330. The molecule has 4 rings (SSSR count). The van der Waals surface area contributed by atoms with E-state index in [1.165, 1.54) is 23.4 Å². The van der Waals surface area contributed by atoms with Crippen molar-refractivity contribution in [2.45, 2.75) is 24.5 Å². The van der Waals surface area contributed by atoms with Crippen molar-refractivity contribution in [3.63, 3.8) is 0 Å². The van der Waals surface area contributed by atoms with Gasteiger partial charge in [0.05, 0.1) is 12.9 Å². The minimum absolute atomic E-state index is 0. The summed E-state index contributed by atoms with van der Waals surface area (Å²) in [4.78, 5) is 48.3. The van der Waals surface area contributed by atoms with Crippen LogP contribution in [0.15, 0.2) is 25.0 Å². The molecule has 6 N–H and O–H groups in total. The van der Waals surface area contributed by atoms with Crippen molar-refractivity contribution in [2.75, 3.05) is 6.61 Å². The molecule has 18 nitrogen and oxygen atoms in total. The first-order valence-electron chi connectivity index (χ1n) is 8.70. The van der Waals surface area contributed by atoms with Gasteiger partial charge in [-0.25, -0.2) is 28.6 Å². The van der Waals surface area contributed by atoms with Crippen LogP contribution in [0.3, 0.4) is 0 Å². The number of phosphoric acid groups is 3. The summed E-state index contributed by atoms with van der Waals surface area (Å²) >= 11 is 0. The maximum atomic E-state index is 11.9. The summed E-state index contributed by atoms with van der Waals surface area (Å²) in [5.41, 5.74) is 1.08. The number of hydrogen-bond donors (Lipinski definition) is 6. The molecule has 23 heteroatoms. The van der Waals surface area contributed by atoms with Crippen LogP contribution in [0.1, 0.15) is 6.23 Å². The molecular weight excluding hydrogens is 561 g/mol. The number of phosphoric ester groups is 1. The molecule has 0 spiro atoms. The zero-order valence-corrected chi connectivity index (χ0v) is 24.6. The molecule has 1 fully saturated rings. The van der Waals surface area contributed by atoms with E-state index >= 15 is 0 Å². The second-order valence-corrected chi connectivity index (χ2v) is 11.1. The SMILES string of the molecule is O=P(O)(O)OP(=O)(O)OP(=O)(O)OC[C@H]1O[C@@H](n2cnc3c2ncn2ccnc32)[C@H](O)[C@@H]1O.[Na].[Na]. The van der Waals surface area contributed by atoms with Crippen LogP contribution in [0.4, 0.5) is 0 Å². The number of hydrogen-bond acceptors (Lipinski definition) is 12. The van der Waals surface area contributed by atoms with E-state index in [9.17, 15) is 28.8 Å². The van der Waals surface area contributed by atoms with E-state index in [0.29, 0.717) is 11.2 Å². The summed E-state index contributed by atoms with van der Waals surface area (Å²) in [6.07, 6.45) is -0.0505. The number of aliphatic hydroxyl groups excluding tert-OH is 2. The molecule has 0 aliphatic carbocycles. The van der Waals surface area contributed by atoms with Crippen LogP contribution in [0.25, 0.3) is 16.8 Å². The van der Waals surface area contributed by atoms with Crippen molar-refractivity contribution in [1.82, 2.24) is 23.9 Å². The van der Waals surface area contributed by atoms with Crippen LogP contribution in [-0.4, -0.2) is 138 Å². The minimum atomic E-state index is -5.70. The number of rotatable bonds is 8. The first-order valence-corrected chi connectivity index (χ1v) is 13.2. The average molecular weight is 577 g/mol. The van der Waals surface area contributed by atoms with Gasteiger partial charge in [-0.05, 0) is 0 Å². The third-order valence-corrected chi connectivity index (χ3v) is 8.18. The summed E-state index contributed by atoms with van der Waals surface area (Å²) in [5.74, 6) is 0. The monoisotopic (exact) mass is 577 g/mol. The van der Waals surface area contributed by atoms with Crippen molar-refractivity contribution in [2.24, 2.45) is 0 Å². The smallest absolute Gasteiger partial charge is 0.387 e. The molecule has 4 heterocycles. The zero-order valence-electron chi connectivity index (χ0n) is 17.9. The van der Waals surface area contributed by atoms with Crippen molar-refractivity contribution >= 4 is 99.4 Å². The van der Waals surface area contributed by atoms with Gasteiger partial charge in [0.15, 0.2) is 23.0 Å². The Labute approximate surface area is 239 Å². The van der Waals surface area contributed by atoms with Crippen molar-refractivity contribution in [3.05, 3.63) is 25.0 Å². The molecule has 184 valence electrons. The molecule has 3 aromatic heterocycles. The summed E-state index contributed by atoms with van der Waals surface area (Å²) in [6, 6.07) is 0. The maximum absolute atomic E-state index is 11.9. The normalized spacial score (nSPS) is 26.1. The number of imidazole rings is 2. The number of ether oxygens (including phenoxy) is 1. The van der Waals surface area contributed by atoms with E-state index in [4.69, 9.17) is 19.4 Å². The number of fused-ring (bicyclic) bond motifs is 3. The Kier molecular flexibility index (Phi) is 10.5. The van der Waals surface area contributed by atoms with Crippen molar-refractivity contribution in [1.29, 1.82) is 0 Å².